The van der Waals surface area contributed by atoms with Crippen LogP contribution in [0.3, 0.4) is 0 Å². The molecule has 0 unspecified atom stereocenters. The fourth-order valence-electron chi connectivity index (χ4n) is 2.95. The number of likely N-dealkylation sites (tertiary alicyclic amines) is 1. The molecule has 1 aliphatic heterocycles. The molecule has 1 heterocycles. The molecule has 0 atom stereocenters. The fourth-order valence-corrected chi connectivity index (χ4v) is 3.46. The molecule has 0 radical (unpaired) electrons. The van der Waals surface area contributed by atoms with Crippen LogP contribution in [0.2, 0.25) is 0 Å². The van der Waals surface area contributed by atoms with Crippen LogP contribution in [0.5, 0.6) is 0 Å². The Morgan fingerprint density at radius 1 is 1.00 bits per heavy atom. The van der Waals surface area contributed by atoms with Crippen LogP contribution in [0.4, 0.5) is 5.69 Å². The lowest BCUT2D eigenvalue weighted by atomic mass is 10.1. The molecule has 25 heavy (non-hydrogen) atoms. The van der Waals surface area contributed by atoms with Crippen LogP contribution in [0.25, 0.3) is 0 Å². The van der Waals surface area contributed by atoms with E-state index in [4.69, 9.17) is 0 Å². The Labute approximate surface area is 161 Å². The van der Waals surface area contributed by atoms with E-state index in [0.29, 0.717) is 16.8 Å². The highest BCUT2D eigenvalue weighted by Gasteiger charge is 2.18. The molecule has 1 N–H and O–H groups in total. The van der Waals surface area contributed by atoms with Gasteiger partial charge in [-0.25, -0.2) is 0 Å². The number of halogens is 1. The molecule has 5 heteroatoms. The number of nitrogens with one attached hydrogen (secondary N) is 1. The third-order valence-electron chi connectivity index (χ3n) is 4.44. The average molecular weight is 448 g/mol. The molecule has 2 aromatic rings. The van der Waals surface area contributed by atoms with Crippen molar-refractivity contribution in [3.05, 3.63) is 62.7 Å². The van der Waals surface area contributed by atoms with E-state index in [2.05, 4.69) is 27.9 Å². The third kappa shape index (κ3) is 4.39. The van der Waals surface area contributed by atoms with Crippen molar-refractivity contribution >= 4 is 40.1 Å². The summed E-state index contributed by atoms with van der Waals surface area (Å²) in [7, 11) is 0. The highest BCUT2D eigenvalue weighted by Crippen LogP contribution is 2.18. The van der Waals surface area contributed by atoms with Gasteiger partial charge in [-0.3, -0.25) is 9.59 Å². The Bertz CT molecular complexity index is 798. The largest absolute Gasteiger partial charge is 0.339 e. The zero-order valence-electron chi connectivity index (χ0n) is 14.2. The first-order valence-electron chi connectivity index (χ1n) is 8.51. The summed E-state index contributed by atoms with van der Waals surface area (Å²) >= 11 is 2.22. The van der Waals surface area contributed by atoms with Gasteiger partial charge in [-0.1, -0.05) is 12.1 Å². The summed E-state index contributed by atoms with van der Waals surface area (Å²) in [6, 6.07) is 12.8. The van der Waals surface area contributed by atoms with Gasteiger partial charge in [0.2, 0.25) is 0 Å². The highest BCUT2D eigenvalue weighted by molar-refractivity contribution is 14.1. The monoisotopic (exact) mass is 448 g/mol. The maximum atomic E-state index is 12.6. The van der Waals surface area contributed by atoms with Gasteiger partial charge in [0, 0.05) is 33.5 Å². The van der Waals surface area contributed by atoms with Gasteiger partial charge in [0.05, 0.1) is 0 Å². The number of amides is 2. The number of aryl methyl sites for hydroxylation is 1. The van der Waals surface area contributed by atoms with Crippen molar-refractivity contribution in [1.29, 1.82) is 0 Å². The molecule has 4 nitrogen and oxygen atoms in total. The lowest BCUT2D eigenvalue weighted by molar-refractivity contribution is 0.0724. The second-order valence-electron chi connectivity index (χ2n) is 6.35. The van der Waals surface area contributed by atoms with Crippen LogP contribution < -0.4 is 5.32 Å². The van der Waals surface area contributed by atoms with Gasteiger partial charge >= 0.3 is 0 Å². The number of piperidine rings is 1. The zero-order chi connectivity index (χ0) is 17.8. The molecule has 2 aromatic carbocycles. The topological polar surface area (TPSA) is 49.4 Å². The van der Waals surface area contributed by atoms with Crippen molar-refractivity contribution in [3.63, 3.8) is 0 Å². The molecule has 1 fully saturated rings. The second-order valence-corrected chi connectivity index (χ2v) is 7.51. The van der Waals surface area contributed by atoms with E-state index in [1.165, 1.54) is 6.42 Å². The normalized spacial score (nSPS) is 14.2. The summed E-state index contributed by atoms with van der Waals surface area (Å²) in [5.74, 6) is -0.124. The number of anilines is 1. The zero-order valence-corrected chi connectivity index (χ0v) is 16.4. The Hall–Kier alpha value is -1.89. The van der Waals surface area contributed by atoms with Crippen LogP contribution in [0, 0.1) is 10.5 Å². The van der Waals surface area contributed by atoms with Crippen molar-refractivity contribution in [1.82, 2.24) is 4.90 Å². The molecule has 130 valence electrons. The molecular weight excluding hydrogens is 427 g/mol. The van der Waals surface area contributed by atoms with Gasteiger partial charge in [-0.15, -0.1) is 0 Å². The minimum atomic E-state index is -0.166. The van der Waals surface area contributed by atoms with Crippen LogP contribution in [-0.2, 0) is 0 Å². The van der Waals surface area contributed by atoms with Crippen LogP contribution in [0.1, 0.15) is 45.5 Å². The van der Waals surface area contributed by atoms with E-state index in [9.17, 15) is 9.59 Å². The summed E-state index contributed by atoms with van der Waals surface area (Å²) < 4.78 is 1.05. The van der Waals surface area contributed by atoms with Gasteiger partial charge in [-0.05, 0) is 84.7 Å². The van der Waals surface area contributed by atoms with Gasteiger partial charge in [0.25, 0.3) is 11.8 Å². The van der Waals surface area contributed by atoms with Crippen LogP contribution in [-0.4, -0.2) is 29.8 Å². The first-order chi connectivity index (χ1) is 12.0. The third-order valence-corrected chi connectivity index (χ3v) is 5.61. The molecule has 1 saturated heterocycles. The second kappa shape index (κ2) is 7.99. The van der Waals surface area contributed by atoms with Crippen molar-refractivity contribution < 1.29 is 9.59 Å². The number of hydrogen-bond acceptors (Lipinski definition) is 2. The molecule has 2 amide bonds. The summed E-state index contributed by atoms with van der Waals surface area (Å²) in [6.07, 6.45) is 3.32. The van der Waals surface area contributed by atoms with E-state index >= 15 is 0 Å². The van der Waals surface area contributed by atoms with Crippen molar-refractivity contribution in [3.8, 4) is 0 Å². The first kappa shape index (κ1) is 17.9. The number of carbonyl (C=O) groups excluding carboxylic acids is 2. The minimum absolute atomic E-state index is 0.0423. The number of benzene rings is 2. The standard InChI is InChI=1S/C20H21IN2O2/c1-14-8-9-15(13-18(14)21)19(24)22-17-7-5-6-16(12-17)20(25)23-10-3-2-4-11-23/h5-9,12-13H,2-4,10-11H2,1H3,(H,22,24). The first-order valence-corrected chi connectivity index (χ1v) is 9.59. The quantitative estimate of drug-likeness (QED) is 0.705. The molecular formula is C20H21IN2O2. The Kier molecular flexibility index (Phi) is 5.73. The highest BCUT2D eigenvalue weighted by atomic mass is 127. The molecule has 0 saturated carbocycles. The van der Waals surface area contributed by atoms with E-state index in [1.54, 1.807) is 12.1 Å². The minimum Gasteiger partial charge on any atom is -0.339 e. The lowest BCUT2D eigenvalue weighted by Gasteiger charge is -2.26. The predicted molar refractivity (Wildman–Crippen MR) is 108 cm³/mol. The van der Waals surface area contributed by atoms with Gasteiger partial charge in [-0.2, -0.15) is 0 Å². The van der Waals surface area contributed by atoms with Crippen molar-refractivity contribution in [2.75, 3.05) is 18.4 Å². The van der Waals surface area contributed by atoms with Crippen molar-refractivity contribution in [2.24, 2.45) is 0 Å². The summed E-state index contributed by atoms with van der Waals surface area (Å²) in [5.41, 5.74) is 3.02. The Balaban J connectivity index is 1.73. The Morgan fingerprint density at radius 2 is 1.76 bits per heavy atom. The fraction of sp³-hybridized carbons (Fsp3) is 0.300. The number of nitrogens with zero attached hydrogens (tertiary/aromatic N) is 1. The molecule has 3 rings (SSSR count). The van der Waals surface area contributed by atoms with E-state index in [-0.39, 0.29) is 11.8 Å². The van der Waals surface area contributed by atoms with Gasteiger partial charge < -0.3 is 10.2 Å². The van der Waals surface area contributed by atoms with Gasteiger partial charge in [0.15, 0.2) is 0 Å². The van der Waals surface area contributed by atoms with E-state index in [0.717, 1.165) is 35.1 Å². The smallest absolute Gasteiger partial charge is 0.255 e. The maximum Gasteiger partial charge on any atom is 0.255 e. The number of hydrogen-bond donors (Lipinski definition) is 1. The summed E-state index contributed by atoms with van der Waals surface area (Å²) in [4.78, 5) is 26.9. The van der Waals surface area contributed by atoms with E-state index < -0.39 is 0 Å². The van der Waals surface area contributed by atoms with Crippen molar-refractivity contribution in [2.45, 2.75) is 26.2 Å². The van der Waals surface area contributed by atoms with Crippen LogP contribution >= 0.6 is 22.6 Å². The number of rotatable bonds is 3. The van der Waals surface area contributed by atoms with E-state index in [1.807, 2.05) is 42.2 Å². The molecule has 0 spiro atoms. The molecule has 0 bridgehead atoms. The SMILES string of the molecule is Cc1ccc(C(=O)Nc2cccc(C(=O)N3CCCCC3)c2)cc1I. The summed E-state index contributed by atoms with van der Waals surface area (Å²) in [6.45, 7) is 3.65. The number of carbonyl (C=O) groups is 2. The lowest BCUT2D eigenvalue weighted by Crippen LogP contribution is -2.35. The maximum absolute atomic E-state index is 12.6. The van der Waals surface area contributed by atoms with Gasteiger partial charge in [0.1, 0.15) is 0 Å². The molecule has 1 aliphatic rings. The predicted octanol–water partition coefficient (Wildman–Crippen LogP) is 4.48. The molecule has 0 aromatic heterocycles. The van der Waals surface area contributed by atoms with Crippen LogP contribution in [0.15, 0.2) is 42.5 Å². The Morgan fingerprint density at radius 3 is 2.48 bits per heavy atom. The molecule has 0 aliphatic carbocycles. The summed E-state index contributed by atoms with van der Waals surface area (Å²) in [5, 5.41) is 2.89. The average Bonchev–Trinajstić information content (AvgIpc) is 2.64.